The van der Waals surface area contributed by atoms with Crippen molar-refractivity contribution < 1.29 is 4.79 Å². The fourth-order valence-corrected chi connectivity index (χ4v) is 3.80. The first-order valence-electron chi connectivity index (χ1n) is 9.58. The Kier molecular flexibility index (Phi) is 4.79. The molecule has 3 heterocycles. The summed E-state index contributed by atoms with van der Waals surface area (Å²) in [7, 11) is 0. The summed E-state index contributed by atoms with van der Waals surface area (Å²) in [5, 5.41) is 10.2. The van der Waals surface area contributed by atoms with E-state index in [1.54, 1.807) is 0 Å². The molecule has 0 radical (unpaired) electrons. The molecule has 0 aliphatic carbocycles. The van der Waals surface area contributed by atoms with Crippen LogP contribution in [-0.4, -0.2) is 25.7 Å². The molecule has 6 heteroatoms. The number of benzene rings is 1. The summed E-state index contributed by atoms with van der Waals surface area (Å²) in [6.45, 7) is 5.29. The monoisotopic (exact) mass is 363 g/mol. The molecule has 0 saturated carbocycles. The normalized spacial score (nSPS) is 13.9. The summed E-state index contributed by atoms with van der Waals surface area (Å²) in [6.07, 6.45) is 4.30. The number of aromatic nitrogens is 4. The molecule has 27 heavy (non-hydrogen) atoms. The van der Waals surface area contributed by atoms with Gasteiger partial charge in [0.1, 0.15) is 11.5 Å². The van der Waals surface area contributed by atoms with Crippen molar-refractivity contribution in [1.29, 1.82) is 0 Å². The van der Waals surface area contributed by atoms with Gasteiger partial charge in [0, 0.05) is 29.9 Å². The Balaban J connectivity index is 1.66. The number of carbonyl (C=O) groups is 1. The van der Waals surface area contributed by atoms with Gasteiger partial charge in [0.2, 0.25) is 0 Å². The second-order valence-electron chi connectivity index (χ2n) is 7.15. The van der Waals surface area contributed by atoms with Gasteiger partial charge in [-0.3, -0.25) is 9.89 Å². The van der Waals surface area contributed by atoms with Crippen LogP contribution in [0.1, 0.15) is 52.4 Å². The van der Waals surface area contributed by atoms with E-state index in [1.165, 1.54) is 6.42 Å². The lowest BCUT2D eigenvalue weighted by Crippen LogP contribution is -2.25. The van der Waals surface area contributed by atoms with Crippen molar-refractivity contribution in [3.63, 3.8) is 0 Å². The maximum Gasteiger partial charge on any atom is 0.272 e. The minimum Gasteiger partial charge on any atom is -0.346 e. The molecule has 2 aromatic heterocycles. The number of nitrogens with zero attached hydrogens (tertiary/aromatic N) is 3. The Morgan fingerprint density at radius 2 is 2.00 bits per heavy atom. The summed E-state index contributed by atoms with van der Waals surface area (Å²) in [5.41, 5.74) is 5.63. The molecule has 1 aliphatic rings. The fourth-order valence-electron chi connectivity index (χ4n) is 3.80. The summed E-state index contributed by atoms with van der Waals surface area (Å²) >= 11 is 0. The van der Waals surface area contributed by atoms with Crippen molar-refractivity contribution in [3.05, 3.63) is 58.7 Å². The van der Waals surface area contributed by atoms with Gasteiger partial charge >= 0.3 is 0 Å². The van der Waals surface area contributed by atoms with Crippen LogP contribution >= 0.6 is 0 Å². The fraction of sp³-hybridized carbons (Fsp3) is 0.381. The van der Waals surface area contributed by atoms with Gasteiger partial charge in [-0.25, -0.2) is 4.98 Å². The zero-order valence-electron chi connectivity index (χ0n) is 15.9. The number of imidazole rings is 1. The van der Waals surface area contributed by atoms with Crippen molar-refractivity contribution in [2.24, 2.45) is 0 Å². The number of hydrogen-bond acceptors (Lipinski definition) is 3. The lowest BCUT2D eigenvalue weighted by molar-refractivity contribution is 0.0945. The molecule has 6 nitrogen and oxygen atoms in total. The van der Waals surface area contributed by atoms with Crippen LogP contribution in [0.15, 0.2) is 30.3 Å². The molecule has 1 amide bonds. The molecule has 3 aromatic rings. The minimum atomic E-state index is -0.108. The first kappa shape index (κ1) is 17.5. The maximum absolute atomic E-state index is 13.0. The molecular formula is C21H25N5O. The van der Waals surface area contributed by atoms with Gasteiger partial charge < -0.3 is 9.88 Å². The zero-order chi connectivity index (χ0) is 18.8. The number of aromatic amines is 1. The Morgan fingerprint density at radius 3 is 2.74 bits per heavy atom. The van der Waals surface area contributed by atoms with Crippen molar-refractivity contribution in [3.8, 4) is 11.4 Å². The smallest absolute Gasteiger partial charge is 0.272 e. The minimum absolute atomic E-state index is 0.108. The van der Waals surface area contributed by atoms with Crippen LogP contribution < -0.4 is 5.32 Å². The highest BCUT2D eigenvalue weighted by Crippen LogP contribution is 2.27. The van der Waals surface area contributed by atoms with E-state index in [1.807, 2.05) is 32.0 Å². The van der Waals surface area contributed by atoms with Gasteiger partial charge in [0.25, 0.3) is 5.91 Å². The second kappa shape index (κ2) is 7.39. The Morgan fingerprint density at radius 1 is 1.19 bits per heavy atom. The lowest BCUT2D eigenvalue weighted by atomic mass is 10.1. The van der Waals surface area contributed by atoms with Gasteiger partial charge in [0.15, 0.2) is 0 Å². The SMILES string of the molecule is Cc1n[nH]c(C)c1CNC(=O)c1nc(-c2ccccc2)n2c1CCCCC2. The molecule has 0 atom stereocenters. The standard InChI is InChI=1S/C21H25N5O/c1-14-17(15(2)25-24-14)13-22-21(27)19-18-11-7-4-8-12-26(18)20(23-19)16-9-5-3-6-10-16/h3,5-6,9-10H,4,7-8,11-13H2,1-2H3,(H,22,27)(H,24,25). The quantitative estimate of drug-likeness (QED) is 0.744. The van der Waals surface area contributed by atoms with Crippen LogP contribution in [0, 0.1) is 13.8 Å². The highest BCUT2D eigenvalue weighted by atomic mass is 16.1. The summed E-state index contributed by atoms with van der Waals surface area (Å²) in [6, 6.07) is 10.1. The molecule has 0 bridgehead atoms. The predicted octanol–water partition coefficient (Wildman–Crippen LogP) is 3.55. The number of nitrogens with one attached hydrogen (secondary N) is 2. The third kappa shape index (κ3) is 3.39. The van der Waals surface area contributed by atoms with Crippen molar-refractivity contribution in [2.75, 3.05) is 0 Å². The van der Waals surface area contributed by atoms with Gasteiger partial charge in [-0.1, -0.05) is 36.8 Å². The molecule has 2 N–H and O–H groups in total. The van der Waals surface area contributed by atoms with Gasteiger partial charge in [-0.2, -0.15) is 5.10 Å². The third-order valence-corrected chi connectivity index (χ3v) is 5.32. The Labute approximate surface area is 159 Å². The van der Waals surface area contributed by atoms with Crippen molar-refractivity contribution in [2.45, 2.75) is 52.6 Å². The lowest BCUT2D eigenvalue weighted by Gasteiger charge is -2.09. The van der Waals surface area contributed by atoms with Crippen LogP contribution in [0.25, 0.3) is 11.4 Å². The molecule has 1 aromatic carbocycles. The predicted molar refractivity (Wildman–Crippen MR) is 104 cm³/mol. The van der Waals surface area contributed by atoms with E-state index in [9.17, 15) is 4.79 Å². The van der Waals surface area contributed by atoms with E-state index < -0.39 is 0 Å². The molecule has 140 valence electrons. The summed E-state index contributed by atoms with van der Waals surface area (Å²) in [4.78, 5) is 17.7. The van der Waals surface area contributed by atoms with Gasteiger partial charge in [0.05, 0.1) is 11.4 Å². The van der Waals surface area contributed by atoms with Crippen LogP contribution in [0.5, 0.6) is 0 Å². The number of amides is 1. The van der Waals surface area contributed by atoms with E-state index in [2.05, 4.69) is 32.2 Å². The number of rotatable bonds is 4. The molecular weight excluding hydrogens is 338 g/mol. The van der Waals surface area contributed by atoms with E-state index >= 15 is 0 Å². The average molecular weight is 363 g/mol. The third-order valence-electron chi connectivity index (χ3n) is 5.32. The van der Waals surface area contributed by atoms with Crippen molar-refractivity contribution >= 4 is 5.91 Å². The topological polar surface area (TPSA) is 75.6 Å². The van der Waals surface area contributed by atoms with Crippen LogP contribution in [-0.2, 0) is 19.5 Å². The first-order chi connectivity index (χ1) is 13.1. The summed E-state index contributed by atoms with van der Waals surface area (Å²) < 4.78 is 2.24. The number of H-pyrrole nitrogens is 1. The molecule has 1 aliphatic heterocycles. The highest BCUT2D eigenvalue weighted by Gasteiger charge is 2.24. The van der Waals surface area contributed by atoms with Crippen molar-refractivity contribution in [1.82, 2.24) is 25.1 Å². The number of carbonyl (C=O) groups excluding carboxylic acids is 1. The Bertz CT molecular complexity index is 935. The first-order valence-corrected chi connectivity index (χ1v) is 9.58. The van der Waals surface area contributed by atoms with Crippen LogP contribution in [0.3, 0.4) is 0 Å². The Hall–Kier alpha value is -2.89. The highest BCUT2D eigenvalue weighted by molar-refractivity contribution is 5.94. The van der Waals surface area contributed by atoms with Gasteiger partial charge in [-0.15, -0.1) is 0 Å². The summed E-state index contributed by atoms with van der Waals surface area (Å²) in [5.74, 6) is 0.788. The molecule has 4 rings (SSSR count). The van der Waals surface area contributed by atoms with Gasteiger partial charge in [-0.05, 0) is 33.1 Å². The molecule has 0 saturated heterocycles. The number of aryl methyl sites for hydroxylation is 2. The number of fused-ring (bicyclic) bond motifs is 1. The molecule has 0 fully saturated rings. The van der Waals surface area contributed by atoms with E-state index in [-0.39, 0.29) is 5.91 Å². The van der Waals surface area contributed by atoms with E-state index in [0.29, 0.717) is 12.2 Å². The average Bonchev–Trinajstić information content (AvgIpc) is 3.10. The zero-order valence-corrected chi connectivity index (χ0v) is 15.9. The largest absolute Gasteiger partial charge is 0.346 e. The number of hydrogen-bond donors (Lipinski definition) is 2. The van der Waals surface area contributed by atoms with E-state index in [4.69, 9.17) is 4.98 Å². The van der Waals surface area contributed by atoms with Crippen LogP contribution in [0.4, 0.5) is 0 Å². The molecule has 0 unspecified atom stereocenters. The second-order valence-corrected chi connectivity index (χ2v) is 7.15. The van der Waals surface area contributed by atoms with E-state index in [0.717, 1.165) is 59.8 Å². The maximum atomic E-state index is 13.0. The van der Waals surface area contributed by atoms with Crippen LogP contribution in [0.2, 0.25) is 0 Å². The molecule has 0 spiro atoms.